The van der Waals surface area contributed by atoms with E-state index in [1.807, 2.05) is 11.8 Å². The molecule has 0 aliphatic carbocycles. The van der Waals surface area contributed by atoms with E-state index in [1.165, 1.54) is 0 Å². The normalized spacial score (nSPS) is 21.8. The van der Waals surface area contributed by atoms with E-state index in [0.717, 1.165) is 26.1 Å². The summed E-state index contributed by atoms with van der Waals surface area (Å²) in [5.74, 6) is 0.0960. The lowest BCUT2D eigenvalue weighted by molar-refractivity contribution is -0.136. The molecule has 1 amide bonds. The summed E-state index contributed by atoms with van der Waals surface area (Å²) in [6.07, 6.45) is 1.06. The van der Waals surface area contributed by atoms with Gasteiger partial charge in [-0.1, -0.05) is 0 Å². The summed E-state index contributed by atoms with van der Waals surface area (Å²) in [5, 5.41) is 3.25. The van der Waals surface area contributed by atoms with Crippen molar-refractivity contribution in [3.05, 3.63) is 0 Å². The largest absolute Gasteiger partial charge is 0.375 e. The molecule has 1 heterocycles. The third-order valence-electron chi connectivity index (χ3n) is 2.40. The number of hydrogen-bond acceptors (Lipinski definition) is 3. The van der Waals surface area contributed by atoms with Crippen LogP contribution >= 0.6 is 0 Å². The standard InChI is InChI=1S/C9H18N2O2/c1-3-11(9(12)7-13-2)8-4-5-10-6-8/h8,10H,3-7H2,1-2H3. The van der Waals surface area contributed by atoms with Crippen LogP contribution in [-0.2, 0) is 9.53 Å². The molecule has 4 heteroatoms. The number of carbonyl (C=O) groups excluding carboxylic acids is 1. The molecule has 0 radical (unpaired) electrons. The fraction of sp³-hybridized carbons (Fsp3) is 0.889. The quantitative estimate of drug-likeness (QED) is 0.663. The molecule has 0 aromatic carbocycles. The van der Waals surface area contributed by atoms with Crippen molar-refractivity contribution in [3.63, 3.8) is 0 Å². The molecule has 0 spiro atoms. The number of rotatable bonds is 4. The maximum Gasteiger partial charge on any atom is 0.248 e. The number of hydrogen-bond donors (Lipinski definition) is 1. The van der Waals surface area contributed by atoms with E-state index in [-0.39, 0.29) is 12.5 Å². The second-order valence-corrected chi connectivity index (χ2v) is 3.26. The highest BCUT2D eigenvalue weighted by molar-refractivity contribution is 5.77. The molecule has 0 aromatic heterocycles. The number of methoxy groups -OCH3 is 1. The molecule has 1 atom stereocenters. The van der Waals surface area contributed by atoms with E-state index in [1.54, 1.807) is 7.11 Å². The van der Waals surface area contributed by atoms with Gasteiger partial charge >= 0.3 is 0 Å². The second-order valence-electron chi connectivity index (χ2n) is 3.26. The van der Waals surface area contributed by atoms with E-state index >= 15 is 0 Å². The fourth-order valence-electron chi connectivity index (χ4n) is 1.75. The molecule has 1 aliphatic rings. The SMILES string of the molecule is CCN(C(=O)COC)C1CCNC1. The Kier molecular flexibility index (Phi) is 4.18. The minimum Gasteiger partial charge on any atom is -0.375 e. The first-order valence-corrected chi connectivity index (χ1v) is 4.78. The van der Waals surface area contributed by atoms with Gasteiger partial charge in [0.1, 0.15) is 6.61 Å². The van der Waals surface area contributed by atoms with Crippen molar-refractivity contribution in [1.82, 2.24) is 10.2 Å². The smallest absolute Gasteiger partial charge is 0.248 e. The van der Waals surface area contributed by atoms with Crippen LogP contribution < -0.4 is 5.32 Å². The van der Waals surface area contributed by atoms with E-state index in [2.05, 4.69) is 5.32 Å². The molecule has 1 unspecified atom stereocenters. The van der Waals surface area contributed by atoms with Crippen molar-refractivity contribution < 1.29 is 9.53 Å². The summed E-state index contributed by atoms with van der Waals surface area (Å²) in [6.45, 7) is 4.91. The van der Waals surface area contributed by atoms with Gasteiger partial charge in [0.25, 0.3) is 0 Å². The Morgan fingerprint density at radius 3 is 2.92 bits per heavy atom. The zero-order valence-corrected chi connectivity index (χ0v) is 8.38. The van der Waals surface area contributed by atoms with Crippen LogP contribution in [0.5, 0.6) is 0 Å². The van der Waals surface area contributed by atoms with Gasteiger partial charge in [-0.15, -0.1) is 0 Å². The van der Waals surface area contributed by atoms with Crippen LogP contribution in [0.25, 0.3) is 0 Å². The first-order chi connectivity index (χ1) is 6.29. The summed E-state index contributed by atoms with van der Waals surface area (Å²) in [4.78, 5) is 13.4. The van der Waals surface area contributed by atoms with Gasteiger partial charge in [-0.3, -0.25) is 4.79 Å². The van der Waals surface area contributed by atoms with E-state index in [4.69, 9.17) is 4.74 Å². The Labute approximate surface area is 79.2 Å². The molecule has 1 saturated heterocycles. The minimum atomic E-state index is 0.0960. The van der Waals surface area contributed by atoms with Gasteiger partial charge < -0.3 is 15.0 Å². The molecule has 1 fully saturated rings. The highest BCUT2D eigenvalue weighted by Gasteiger charge is 2.24. The average molecular weight is 186 g/mol. The van der Waals surface area contributed by atoms with Crippen LogP contribution in [0.3, 0.4) is 0 Å². The summed E-state index contributed by atoms with van der Waals surface area (Å²) >= 11 is 0. The summed E-state index contributed by atoms with van der Waals surface area (Å²) in [6, 6.07) is 0.368. The maximum absolute atomic E-state index is 11.5. The van der Waals surface area contributed by atoms with Crippen LogP contribution in [0, 0.1) is 0 Å². The van der Waals surface area contributed by atoms with E-state index in [9.17, 15) is 4.79 Å². The van der Waals surface area contributed by atoms with E-state index in [0.29, 0.717) is 6.04 Å². The Hall–Kier alpha value is -0.610. The van der Waals surface area contributed by atoms with Gasteiger partial charge in [-0.05, 0) is 19.9 Å². The molecule has 13 heavy (non-hydrogen) atoms. The summed E-state index contributed by atoms with van der Waals surface area (Å²) in [5.41, 5.74) is 0. The first kappa shape index (κ1) is 10.5. The number of amides is 1. The van der Waals surface area contributed by atoms with Crippen molar-refractivity contribution in [2.24, 2.45) is 0 Å². The van der Waals surface area contributed by atoms with Crippen molar-refractivity contribution in [3.8, 4) is 0 Å². The van der Waals surface area contributed by atoms with Crippen molar-refractivity contribution >= 4 is 5.91 Å². The van der Waals surface area contributed by atoms with Gasteiger partial charge in [0.05, 0.1) is 0 Å². The Morgan fingerprint density at radius 1 is 1.69 bits per heavy atom. The number of carbonyl (C=O) groups is 1. The molecule has 4 nitrogen and oxygen atoms in total. The predicted molar refractivity (Wildman–Crippen MR) is 50.5 cm³/mol. The highest BCUT2D eigenvalue weighted by atomic mass is 16.5. The fourth-order valence-corrected chi connectivity index (χ4v) is 1.75. The van der Waals surface area contributed by atoms with Gasteiger partial charge in [0.2, 0.25) is 5.91 Å². The number of nitrogens with zero attached hydrogens (tertiary/aromatic N) is 1. The molecule has 1 aliphatic heterocycles. The molecule has 76 valence electrons. The highest BCUT2D eigenvalue weighted by Crippen LogP contribution is 2.08. The Morgan fingerprint density at radius 2 is 2.46 bits per heavy atom. The number of nitrogens with one attached hydrogen (secondary N) is 1. The molecular formula is C9H18N2O2. The average Bonchev–Trinajstić information content (AvgIpc) is 2.59. The molecule has 1 rings (SSSR count). The molecule has 1 N–H and O–H groups in total. The van der Waals surface area contributed by atoms with Gasteiger partial charge in [-0.25, -0.2) is 0 Å². The molecule has 0 bridgehead atoms. The predicted octanol–water partition coefficient (Wildman–Crippen LogP) is -0.157. The minimum absolute atomic E-state index is 0.0960. The third-order valence-corrected chi connectivity index (χ3v) is 2.40. The van der Waals surface area contributed by atoms with Crippen molar-refractivity contribution in [1.29, 1.82) is 0 Å². The van der Waals surface area contributed by atoms with Gasteiger partial charge in [-0.2, -0.15) is 0 Å². The zero-order chi connectivity index (χ0) is 9.68. The second kappa shape index (κ2) is 5.19. The van der Waals surface area contributed by atoms with Crippen LogP contribution in [0.1, 0.15) is 13.3 Å². The third kappa shape index (κ3) is 2.67. The lowest BCUT2D eigenvalue weighted by atomic mass is 10.2. The summed E-state index contributed by atoms with van der Waals surface area (Å²) < 4.78 is 4.83. The van der Waals surface area contributed by atoms with Gasteiger partial charge in [0.15, 0.2) is 0 Å². The number of likely N-dealkylation sites (N-methyl/N-ethyl adjacent to an activating group) is 1. The van der Waals surface area contributed by atoms with Crippen molar-refractivity contribution in [2.75, 3.05) is 33.4 Å². The lowest BCUT2D eigenvalue weighted by Gasteiger charge is -2.26. The molecule has 0 saturated carbocycles. The molecule has 0 aromatic rings. The maximum atomic E-state index is 11.5. The Bertz CT molecular complexity index is 167. The van der Waals surface area contributed by atoms with Crippen LogP contribution in [-0.4, -0.2) is 50.2 Å². The topological polar surface area (TPSA) is 41.6 Å². The lowest BCUT2D eigenvalue weighted by Crippen LogP contribution is -2.43. The van der Waals surface area contributed by atoms with E-state index < -0.39 is 0 Å². The first-order valence-electron chi connectivity index (χ1n) is 4.78. The van der Waals surface area contributed by atoms with Crippen LogP contribution in [0.2, 0.25) is 0 Å². The summed E-state index contributed by atoms with van der Waals surface area (Å²) in [7, 11) is 1.55. The number of ether oxygens (including phenoxy) is 1. The van der Waals surface area contributed by atoms with Gasteiger partial charge in [0, 0.05) is 26.2 Å². The van der Waals surface area contributed by atoms with Crippen molar-refractivity contribution in [2.45, 2.75) is 19.4 Å². The zero-order valence-electron chi connectivity index (χ0n) is 8.38. The Balaban J connectivity index is 2.44. The van der Waals surface area contributed by atoms with Crippen LogP contribution in [0.15, 0.2) is 0 Å². The van der Waals surface area contributed by atoms with Crippen LogP contribution in [0.4, 0.5) is 0 Å². The molecular weight excluding hydrogens is 168 g/mol. The monoisotopic (exact) mass is 186 g/mol.